The van der Waals surface area contributed by atoms with Crippen molar-refractivity contribution in [3.05, 3.63) is 53.7 Å². The minimum absolute atomic E-state index is 0.723. The van der Waals surface area contributed by atoms with Gasteiger partial charge in [0.15, 0.2) is 0 Å². The minimum Gasteiger partial charge on any atom is -0.496 e. The molecule has 1 heterocycles. The summed E-state index contributed by atoms with van der Waals surface area (Å²) < 4.78 is 18.6. The van der Waals surface area contributed by atoms with Gasteiger partial charge in [-0.05, 0) is 11.6 Å². The lowest BCUT2D eigenvalue weighted by atomic mass is 10.0. The maximum absolute atomic E-state index is 5.55. The lowest BCUT2D eigenvalue weighted by molar-refractivity contribution is 0.370. The van der Waals surface area contributed by atoms with Crippen LogP contribution in [0, 0.1) is 0 Å². The van der Waals surface area contributed by atoms with Crippen molar-refractivity contribution in [3.63, 3.8) is 0 Å². The van der Waals surface area contributed by atoms with Crippen LogP contribution in [0.15, 0.2) is 42.6 Å². The van der Waals surface area contributed by atoms with E-state index in [-0.39, 0.29) is 0 Å². The van der Waals surface area contributed by atoms with Crippen LogP contribution in [0.25, 0.3) is 10.9 Å². The summed E-state index contributed by atoms with van der Waals surface area (Å²) in [5, 5.41) is 1.25. The van der Waals surface area contributed by atoms with Crippen LogP contribution in [0.1, 0.15) is 11.1 Å². The van der Waals surface area contributed by atoms with Crippen LogP contribution in [0.3, 0.4) is 0 Å². The number of benzene rings is 2. The van der Waals surface area contributed by atoms with E-state index < -0.39 is 0 Å². The first kappa shape index (κ1) is 15.3. The third kappa shape index (κ3) is 2.72. The molecule has 0 saturated carbocycles. The lowest BCUT2D eigenvalue weighted by Gasteiger charge is -2.15. The molecule has 23 heavy (non-hydrogen) atoms. The molecule has 0 fully saturated rings. The van der Waals surface area contributed by atoms with E-state index in [1.807, 2.05) is 12.1 Å². The van der Waals surface area contributed by atoms with Gasteiger partial charge in [-0.1, -0.05) is 18.2 Å². The standard InChI is InChI=1S/C19H21NO3/c1-20-12-13(15-7-5-6-8-17(15)20)9-16-18(22-3)10-14(21-2)11-19(16)23-4/h5-8,10-12H,9H2,1-4H3. The first-order valence-corrected chi connectivity index (χ1v) is 7.49. The summed E-state index contributed by atoms with van der Waals surface area (Å²) in [5.41, 5.74) is 3.48. The molecule has 3 aromatic rings. The molecule has 120 valence electrons. The molecule has 0 radical (unpaired) electrons. The average molecular weight is 311 g/mol. The number of fused-ring (bicyclic) bond motifs is 1. The van der Waals surface area contributed by atoms with Gasteiger partial charge in [0, 0.05) is 48.3 Å². The highest BCUT2D eigenvalue weighted by Gasteiger charge is 2.16. The fourth-order valence-electron chi connectivity index (χ4n) is 3.01. The van der Waals surface area contributed by atoms with E-state index in [1.165, 1.54) is 16.5 Å². The maximum atomic E-state index is 5.55. The molecule has 4 heteroatoms. The summed E-state index contributed by atoms with van der Waals surface area (Å²) in [6.45, 7) is 0. The van der Waals surface area contributed by atoms with Crippen LogP contribution in [-0.4, -0.2) is 25.9 Å². The molecule has 0 amide bonds. The second-order valence-corrected chi connectivity index (χ2v) is 5.47. The molecule has 3 rings (SSSR count). The Balaban J connectivity index is 2.11. The van der Waals surface area contributed by atoms with E-state index in [9.17, 15) is 0 Å². The molecular weight excluding hydrogens is 290 g/mol. The fraction of sp³-hybridized carbons (Fsp3) is 0.263. The molecule has 4 nitrogen and oxygen atoms in total. The predicted molar refractivity (Wildman–Crippen MR) is 91.8 cm³/mol. The molecule has 0 bridgehead atoms. The number of aryl methyl sites for hydroxylation is 1. The van der Waals surface area contributed by atoms with E-state index >= 15 is 0 Å². The van der Waals surface area contributed by atoms with E-state index in [2.05, 4.69) is 42.1 Å². The van der Waals surface area contributed by atoms with Crippen molar-refractivity contribution in [2.45, 2.75) is 6.42 Å². The second-order valence-electron chi connectivity index (χ2n) is 5.47. The first-order chi connectivity index (χ1) is 11.2. The third-order valence-corrected chi connectivity index (χ3v) is 4.16. The van der Waals surface area contributed by atoms with Crippen molar-refractivity contribution in [3.8, 4) is 17.2 Å². The third-order valence-electron chi connectivity index (χ3n) is 4.16. The molecule has 2 aromatic carbocycles. The van der Waals surface area contributed by atoms with Crippen molar-refractivity contribution in [1.29, 1.82) is 0 Å². The average Bonchev–Trinajstić information content (AvgIpc) is 2.91. The fourth-order valence-corrected chi connectivity index (χ4v) is 3.01. The van der Waals surface area contributed by atoms with Crippen molar-refractivity contribution < 1.29 is 14.2 Å². The Labute approximate surface area is 136 Å². The minimum atomic E-state index is 0.723. The van der Waals surface area contributed by atoms with Crippen LogP contribution < -0.4 is 14.2 Å². The summed E-state index contributed by atoms with van der Waals surface area (Å²) in [4.78, 5) is 0. The van der Waals surface area contributed by atoms with Gasteiger partial charge >= 0.3 is 0 Å². The van der Waals surface area contributed by atoms with Gasteiger partial charge < -0.3 is 18.8 Å². The second kappa shape index (κ2) is 6.24. The van der Waals surface area contributed by atoms with E-state index in [0.29, 0.717) is 0 Å². The highest BCUT2D eigenvalue weighted by molar-refractivity contribution is 5.84. The van der Waals surface area contributed by atoms with Gasteiger partial charge in [0.1, 0.15) is 17.2 Å². The van der Waals surface area contributed by atoms with Crippen molar-refractivity contribution >= 4 is 10.9 Å². The van der Waals surface area contributed by atoms with E-state index in [1.54, 1.807) is 21.3 Å². The number of aromatic nitrogens is 1. The van der Waals surface area contributed by atoms with E-state index in [4.69, 9.17) is 14.2 Å². The Morgan fingerprint density at radius 2 is 1.57 bits per heavy atom. The van der Waals surface area contributed by atoms with Crippen LogP contribution in [0.5, 0.6) is 17.2 Å². The van der Waals surface area contributed by atoms with E-state index in [0.717, 1.165) is 29.2 Å². The normalized spacial score (nSPS) is 10.8. The monoisotopic (exact) mass is 311 g/mol. The van der Waals surface area contributed by atoms with Gasteiger partial charge in [0.2, 0.25) is 0 Å². The van der Waals surface area contributed by atoms with Crippen molar-refractivity contribution in [2.75, 3.05) is 21.3 Å². The molecule has 0 unspecified atom stereocenters. The van der Waals surface area contributed by atoms with Crippen molar-refractivity contribution in [2.24, 2.45) is 7.05 Å². The van der Waals surface area contributed by atoms with Crippen LogP contribution in [0.4, 0.5) is 0 Å². The molecular formula is C19H21NO3. The zero-order valence-electron chi connectivity index (χ0n) is 13.9. The molecule has 0 aliphatic carbocycles. The number of methoxy groups -OCH3 is 3. The Hall–Kier alpha value is -2.62. The zero-order chi connectivity index (χ0) is 16.4. The number of ether oxygens (including phenoxy) is 3. The van der Waals surface area contributed by atoms with Gasteiger partial charge in [-0.25, -0.2) is 0 Å². The molecule has 0 N–H and O–H groups in total. The SMILES string of the molecule is COc1cc(OC)c(Cc2cn(C)c3ccccc23)c(OC)c1. The first-order valence-electron chi connectivity index (χ1n) is 7.49. The van der Waals surface area contributed by atoms with Gasteiger partial charge in [-0.3, -0.25) is 0 Å². The van der Waals surface area contributed by atoms with Crippen LogP contribution >= 0.6 is 0 Å². The predicted octanol–water partition coefficient (Wildman–Crippen LogP) is 3.79. The highest BCUT2D eigenvalue weighted by atomic mass is 16.5. The summed E-state index contributed by atoms with van der Waals surface area (Å²) in [5.74, 6) is 2.27. The Morgan fingerprint density at radius 3 is 2.17 bits per heavy atom. The molecule has 0 aliphatic heterocycles. The largest absolute Gasteiger partial charge is 0.496 e. The number of para-hydroxylation sites is 1. The smallest absolute Gasteiger partial charge is 0.129 e. The van der Waals surface area contributed by atoms with Crippen molar-refractivity contribution in [1.82, 2.24) is 4.57 Å². The Bertz CT molecular complexity index is 811. The van der Waals surface area contributed by atoms with Crippen LogP contribution in [0.2, 0.25) is 0 Å². The van der Waals surface area contributed by atoms with Gasteiger partial charge in [0.25, 0.3) is 0 Å². The summed E-state index contributed by atoms with van der Waals surface area (Å²) in [6.07, 6.45) is 2.89. The Morgan fingerprint density at radius 1 is 0.913 bits per heavy atom. The van der Waals surface area contributed by atoms with Gasteiger partial charge in [0.05, 0.1) is 21.3 Å². The maximum Gasteiger partial charge on any atom is 0.129 e. The number of hydrogen-bond donors (Lipinski definition) is 0. The highest BCUT2D eigenvalue weighted by Crippen LogP contribution is 2.36. The molecule has 0 atom stereocenters. The summed E-state index contributed by atoms with van der Waals surface area (Å²) in [7, 11) is 7.04. The van der Waals surface area contributed by atoms with Gasteiger partial charge in [-0.2, -0.15) is 0 Å². The van der Waals surface area contributed by atoms with Crippen LogP contribution in [-0.2, 0) is 13.5 Å². The number of nitrogens with zero attached hydrogens (tertiary/aromatic N) is 1. The summed E-state index contributed by atoms with van der Waals surface area (Å²) in [6, 6.07) is 12.2. The molecule has 0 spiro atoms. The zero-order valence-corrected chi connectivity index (χ0v) is 13.9. The number of hydrogen-bond acceptors (Lipinski definition) is 3. The summed E-state index contributed by atoms with van der Waals surface area (Å²) >= 11 is 0. The molecule has 0 saturated heterocycles. The number of rotatable bonds is 5. The van der Waals surface area contributed by atoms with Gasteiger partial charge in [-0.15, -0.1) is 0 Å². The Kier molecular flexibility index (Phi) is 4.15. The molecule has 1 aromatic heterocycles. The molecule has 0 aliphatic rings. The lowest BCUT2D eigenvalue weighted by Crippen LogP contribution is -1.99. The topological polar surface area (TPSA) is 32.6 Å². The quantitative estimate of drug-likeness (QED) is 0.718.